The lowest BCUT2D eigenvalue weighted by Crippen LogP contribution is -2.26. The Labute approximate surface area is 163 Å². The molecular formula is C21H24N2O5. The van der Waals surface area contributed by atoms with Gasteiger partial charge in [0, 0.05) is 18.7 Å². The van der Waals surface area contributed by atoms with E-state index in [1.54, 1.807) is 48.5 Å². The molecule has 7 nitrogen and oxygen atoms in total. The molecule has 2 aromatic rings. The standard InChI is InChI=1S/C21H24N2O5/c1-2-28-18-10-4-3-9-17(18)21(27)22-12-6-11-19(24)23-16-8-5-7-15(13-16)14-20(25)26/h3-5,7-10,13H,2,6,11-12,14H2,1H3,(H,22,27)(H,23,24)(H,25,26). The third-order valence-corrected chi connectivity index (χ3v) is 3.86. The number of carboxylic acid groups (broad SMARTS) is 1. The van der Waals surface area contributed by atoms with Crippen molar-refractivity contribution in [1.82, 2.24) is 5.32 Å². The molecule has 0 saturated heterocycles. The maximum atomic E-state index is 12.3. The Morgan fingerprint density at radius 2 is 1.86 bits per heavy atom. The van der Waals surface area contributed by atoms with Gasteiger partial charge in [-0.2, -0.15) is 0 Å². The summed E-state index contributed by atoms with van der Waals surface area (Å²) in [5.74, 6) is -0.839. The molecule has 0 heterocycles. The van der Waals surface area contributed by atoms with Crippen LogP contribution >= 0.6 is 0 Å². The number of carbonyl (C=O) groups is 3. The minimum absolute atomic E-state index is 0.0983. The lowest BCUT2D eigenvalue weighted by Gasteiger charge is -2.10. The first-order valence-corrected chi connectivity index (χ1v) is 9.10. The summed E-state index contributed by atoms with van der Waals surface area (Å²) in [6.45, 7) is 2.68. The summed E-state index contributed by atoms with van der Waals surface area (Å²) in [7, 11) is 0. The lowest BCUT2D eigenvalue weighted by molar-refractivity contribution is -0.136. The van der Waals surface area contributed by atoms with Crippen LogP contribution in [0.1, 0.15) is 35.7 Å². The second-order valence-electron chi connectivity index (χ2n) is 6.11. The summed E-state index contributed by atoms with van der Waals surface area (Å²) in [5, 5.41) is 14.3. The van der Waals surface area contributed by atoms with Crippen LogP contribution in [0.5, 0.6) is 5.75 Å². The van der Waals surface area contributed by atoms with E-state index in [1.165, 1.54) is 0 Å². The van der Waals surface area contributed by atoms with E-state index in [0.717, 1.165) is 0 Å². The number of nitrogens with one attached hydrogen (secondary N) is 2. The highest BCUT2D eigenvalue weighted by atomic mass is 16.5. The number of aliphatic carboxylic acids is 1. The second-order valence-corrected chi connectivity index (χ2v) is 6.11. The van der Waals surface area contributed by atoms with Crippen molar-refractivity contribution in [2.45, 2.75) is 26.2 Å². The van der Waals surface area contributed by atoms with Crippen LogP contribution in [-0.4, -0.2) is 36.0 Å². The van der Waals surface area contributed by atoms with E-state index in [4.69, 9.17) is 9.84 Å². The monoisotopic (exact) mass is 384 g/mol. The summed E-state index contributed by atoms with van der Waals surface area (Å²) in [6, 6.07) is 13.7. The number of rotatable bonds is 10. The van der Waals surface area contributed by atoms with Crippen molar-refractivity contribution >= 4 is 23.5 Å². The molecule has 0 aromatic heterocycles. The van der Waals surface area contributed by atoms with E-state index >= 15 is 0 Å². The quantitative estimate of drug-likeness (QED) is 0.547. The number of ether oxygens (including phenoxy) is 1. The molecular weight excluding hydrogens is 360 g/mol. The zero-order valence-corrected chi connectivity index (χ0v) is 15.7. The van der Waals surface area contributed by atoms with E-state index < -0.39 is 5.97 Å². The molecule has 28 heavy (non-hydrogen) atoms. The highest BCUT2D eigenvalue weighted by Gasteiger charge is 2.11. The summed E-state index contributed by atoms with van der Waals surface area (Å²) in [6.07, 6.45) is 0.610. The third kappa shape index (κ3) is 6.75. The zero-order chi connectivity index (χ0) is 20.4. The Morgan fingerprint density at radius 1 is 1.07 bits per heavy atom. The average Bonchev–Trinajstić information content (AvgIpc) is 2.65. The molecule has 0 saturated carbocycles. The maximum Gasteiger partial charge on any atom is 0.307 e. The van der Waals surface area contributed by atoms with Gasteiger partial charge in [0.25, 0.3) is 5.91 Å². The molecule has 2 aromatic carbocycles. The first-order chi connectivity index (χ1) is 13.5. The van der Waals surface area contributed by atoms with Crippen LogP contribution in [-0.2, 0) is 16.0 Å². The summed E-state index contributed by atoms with van der Waals surface area (Å²) in [4.78, 5) is 35.1. The van der Waals surface area contributed by atoms with E-state index in [1.807, 2.05) is 6.92 Å². The molecule has 3 N–H and O–H groups in total. The Balaban J connectivity index is 1.77. The van der Waals surface area contributed by atoms with E-state index in [2.05, 4.69) is 10.6 Å². The number of hydrogen-bond acceptors (Lipinski definition) is 4. The summed E-state index contributed by atoms with van der Waals surface area (Å²) >= 11 is 0. The van der Waals surface area contributed by atoms with Gasteiger partial charge in [-0.1, -0.05) is 24.3 Å². The molecule has 7 heteroatoms. The Hall–Kier alpha value is -3.35. The number of carbonyl (C=O) groups excluding carboxylic acids is 2. The van der Waals surface area contributed by atoms with E-state index in [0.29, 0.717) is 42.1 Å². The molecule has 2 amide bonds. The van der Waals surface area contributed by atoms with Gasteiger partial charge in [0.05, 0.1) is 18.6 Å². The minimum atomic E-state index is -0.926. The van der Waals surface area contributed by atoms with Crippen molar-refractivity contribution in [3.63, 3.8) is 0 Å². The van der Waals surface area contributed by atoms with Crippen molar-refractivity contribution < 1.29 is 24.2 Å². The van der Waals surface area contributed by atoms with Crippen molar-refractivity contribution in [3.05, 3.63) is 59.7 Å². The molecule has 0 unspecified atom stereocenters. The molecule has 148 valence electrons. The second kappa shape index (κ2) is 10.7. The van der Waals surface area contributed by atoms with Gasteiger partial charge in [-0.25, -0.2) is 0 Å². The van der Waals surface area contributed by atoms with Gasteiger partial charge < -0.3 is 20.5 Å². The maximum absolute atomic E-state index is 12.3. The van der Waals surface area contributed by atoms with Crippen molar-refractivity contribution in [1.29, 1.82) is 0 Å². The molecule has 0 aliphatic rings. The summed E-state index contributed by atoms with van der Waals surface area (Å²) < 4.78 is 5.44. The molecule has 0 aliphatic heterocycles. The Morgan fingerprint density at radius 3 is 2.61 bits per heavy atom. The molecule has 2 rings (SSSR count). The van der Waals surface area contributed by atoms with Crippen LogP contribution in [0, 0.1) is 0 Å². The van der Waals surface area contributed by atoms with Crippen LogP contribution in [0.15, 0.2) is 48.5 Å². The number of amides is 2. The highest BCUT2D eigenvalue weighted by Crippen LogP contribution is 2.17. The van der Waals surface area contributed by atoms with Gasteiger partial charge in [0.2, 0.25) is 5.91 Å². The van der Waals surface area contributed by atoms with E-state index in [-0.39, 0.29) is 24.7 Å². The largest absolute Gasteiger partial charge is 0.493 e. The lowest BCUT2D eigenvalue weighted by atomic mass is 10.1. The van der Waals surface area contributed by atoms with Gasteiger partial charge in [-0.15, -0.1) is 0 Å². The molecule has 0 atom stereocenters. The summed E-state index contributed by atoms with van der Waals surface area (Å²) in [5.41, 5.74) is 1.63. The Kier molecular flexibility index (Phi) is 8.02. The molecule has 0 spiro atoms. The SMILES string of the molecule is CCOc1ccccc1C(=O)NCCCC(=O)Nc1cccc(CC(=O)O)c1. The van der Waals surface area contributed by atoms with Crippen molar-refractivity contribution in [2.24, 2.45) is 0 Å². The average molecular weight is 384 g/mol. The van der Waals surface area contributed by atoms with Crippen LogP contribution in [0.4, 0.5) is 5.69 Å². The number of para-hydroxylation sites is 1. The van der Waals surface area contributed by atoms with Gasteiger partial charge in [0.1, 0.15) is 5.75 Å². The first kappa shape index (κ1) is 21.0. The van der Waals surface area contributed by atoms with Crippen LogP contribution in [0.25, 0.3) is 0 Å². The number of benzene rings is 2. The smallest absolute Gasteiger partial charge is 0.307 e. The molecule has 0 bridgehead atoms. The fourth-order valence-electron chi connectivity index (χ4n) is 2.64. The Bertz CT molecular complexity index is 835. The molecule has 0 fully saturated rings. The van der Waals surface area contributed by atoms with Crippen molar-refractivity contribution in [2.75, 3.05) is 18.5 Å². The van der Waals surface area contributed by atoms with Crippen LogP contribution in [0.3, 0.4) is 0 Å². The van der Waals surface area contributed by atoms with E-state index in [9.17, 15) is 14.4 Å². The molecule has 0 aliphatic carbocycles. The highest BCUT2D eigenvalue weighted by molar-refractivity contribution is 5.97. The number of carboxylic acids is 1. The third-order valence-electron chi connectivity index (χ3n) is 3.86. The number of hydrogen-bond donors (Lipinski definition) is 3. The van der Waals surface area contributed by atoms with Gasteiger partial charge in [-0.3, -0.25) is 14.4 Å². The predicted octanol–water partition coefficient (Wildman–Crippen LogP) is 2.86. The molecule has 0 radical (unpaired) electrons. The van der Waals surface area contributed by atoms with Gasteiger partial charge in [0.15, 0.2) is 0 Å². The minimum Gasteiger partial charge on any atom is -0.493 e. The van der Waals surface area contributed by atoms with Gasteiger partial charge in [-0.05, 0) is 43.2 Å². The first-order valence-electron chi connectivity index (χ1n) is 9.10. The topological polar surface area (TPSA) is 105 Å². The zero-order valence-electron chi connectivity index (χ0n) is 15.7. The van der Waals surface area contributed by atoms with Gasteiger partial charge >= 0.3 is 5.97 Å². The fourth-order valence-corrected chi connectivity index (χ4v) is 2.64. The van der Waals surface area contributed by atoms with Crippen LogP contribution < -0.4 is 15.4 Å². The predicted molar refractivity (Wildman–Crippen MR) is 106 cm³/mol. The normalized spacial score (nSPS) is 10.2. The number of anilines is 1. The van der Waals surface area contributed by atoms with Crippen LogP contribution in [0.2, 0.25) is 0 Å². The van der Waals surface area contributed by atoms with Crippen molar-refractivity contribution in [3.8, 4) is 5.75 Å². The fraction of sp³-hybridized carbons (Fsp3) is 0.286.